The lowest BCUT2D eigenvalue weighted by Gasteiger charge is -2.31. The van der Waals surface area contributed by atoms with E-state index in [2.05, 4.69) is 0 Å². The minimum absolute atomic E-state index is 0.00242. The van der Waals surface area contributed by atoms with Crippen LogP contribution in [0.3, 0.4) is 0 Å². The highest BCUT2D eigenvalue weighted by Gasteiger charge is 2.29. The Morgan fingerprint density at radius 3 is 2.71 bits per heavy atom. The average Bonchev–Trinajstić information content (AvgIpc) is 3.28. The Bertz CT molecular complexity index is 992. The molecule has 0 unspecified atom stereocenters. The number of pyridine rings is 1. The molecule has 1 aliphatic rings. The van der Waals surface area contributed by atoms with Gasteiger partial charge in [-0.3, -0.25) is 9.59 Å². The molecule has 144 valence electrons. The monoisotopic (exact) mass is 394 g/mol. The molecular weight excluding hydrogens is 372 g/mol. The molecule has 1 fully saturated rings. The van der Waals surface area contributed by atoms with Gasteiger partial charge in [-0.15, -0.1) is 0 Å². The molecule has 0 aliphatic carbocycles. The van der Waals surface area contributed by atoms with Gasteiger partial charge in [-0.05, 0) is 43.3 Å². The minimum Gasteiger partial charge on any atom is -0.466 e. The maximum atomic E-state index is 13.3. The first-order valence-electron chi connectivity index (χ1n) is 9.55. The van der Waals surface area contributed by atoms with Gasteiger partial charge >= 0.3 is 5.97 Å². The van der Waals surface area contributed by atoms with Crippen molar-refractivity contribution in [1.29, 1.82) is 0 Å². The number of para-hydroxylation sites is 1. The first-order valence-corrected chi connectivity index (χ1v) is 10.5. The molecule has 0 atom stereocenters. The number of nitrogens with zero attached hydrogens (tertiary/aromatic N) is 2. The van der Waals surface area contributed by atoms with Crippen LogP contribution in [0.5, 0.6) is 0 Å². The third-order valence-electron chi connectivity index (χ3n) is 5.17. The molecule has 1 aliphatic heterocycles. The number of thiophene rings is 1. The number of hydrogen-bond donors (Lipinski definition) is 0. The van der Waals surface area contributed by atoms with Crippen molar-refractivity contribution in [3.8, 4) is 11.3 Å². The smallest absolute Gasteiger partial charge is 0.309 e. The third kappa shape index (κ3) is 3.64. The molecule has 4 rings (SSSR count). The molecule has 1 aromatic carbocycles. The summed E-state index contributed by atoms with van der Waals surface area (Å²) in [5, 5.41) is 4.91. The highest BCUT2D eigenvalue weighted by atomic mass is 32.1. The largest absolute Gasteiger partial charge is 0.466 e. The van der Waals surface area contributed by atoms with Crippen LogP contribution in [0.2, 0.25) is 0 Å². The fourth-order valence-corrected chi connectivity index (χ4v) is 4.31. The van der Waals surface area contributed by atoms with Crippen molar-refractivity contribution in [2.75, 3.05) is 19.7 Å². The van der Waals surface area contributed by atoms with Gasteiger partial charge in [0.15, 0.2) is 0 Å². The van der Waals surface area contributed by atoms with Crippen LogP contribution in [-0.4, -0.2) is 41.5 Å². The number of likely N-dealkylation sites (tertiary alicyclic amines) is 1. The van der Waals surface area contributed by atoms with Crippen molar-refractivity contribution in [2.45, 2.75) is 19.8 Å². The van der Waals surface area contributed by atoms with Crippen molar-refractivity contribution >= 4 is 34.1 Å². The molecule has 0 N–H and O–H groups in total. The molecular formula is C22H22N2O3S. The number of benzene rings is 1. The van der Waals surface area contributed by atoms with E-state index in [9.17, 15) is 9.59 Å². The predicted molar refractivity (Wildman–Crippen MR) is 110 cm³/mol. The Morgan fingerprint density at radius 1 is 1.21 bits per heavy atom. The molecule has 1 saturated heterocycles. The number of ether oxygens (including phenoxy) is 1. The van der Waals surface area contributed by atoms with Crippen molar-refractivity contribution < 1.29 is 14.3 Å². The van der Waals surface area contributed by atoms with Gasteiger partial charge in [0.2, 0.25) is 0 Å². The summed E-state index contributed by atoms with van der Waals surface area (Å²) in [6.07, 6.45) is 1.29. The van der Waals surface area contributed by atoms with E-state index in [1.165, 1.54) is 0 Å². The maximum Gasteiger partial charge on any atom is 0.309 e. The fraction of sp³-hybridized carbons (Fsp3) is 0.318. The van der Waals surface area contributed by atoms with Crippen molar-refractivity contribution in [3.63, 3.8) is 0 Å². The second-order valence-electron chi connectivity index (χ2n) is 6.90. The molecule has 6 heteroatoms. The topological polar surface area (TPSA) is 59.5 Å². The molecule has 3 heterocycles. The second kappa shape index (κ2) is 8.10. The van der Waals surface area contributed by atoms with Crippen molar-refractivity contribution in [1.82, 2.24) is 9.88 Å². The Kier molecular flexibility index (Phi) is 5.39. The lowest BCUT2D eigenvalue weighted by Crippen LogP contribution is -2.40. The van der Waals surface area contributed by atoms with Crippen LogP contribution in [0.15, 0.2) is 47.2 Å². The van der Waals surface area contributed by atoms with E-state index in [0.717, 1.165) is 22.2 Å². The van der Waals surface area contributed by atoms with Gasteiger partial charge in [0.25, 0.3) is 5.91 Å². The lowest BCUT2D eigenvalue weighted by molar-refractivity contribution is -0.149. The Hall–Kier alpha value is -2.73. The van der Waals surface area contributed by atoms with Crippen LogP contribution in [0.4, 0.5) is 0 Å². The average molecular weight is 394 g/mol. The van der Waals surface area contributed by atoms with E-state index in [-0.39, 0.29) is 17.8 Å². The van der Waals surface area contributed by atoms with E-state index in [4.69, 9.17) is 9.72 Å². The standard InChI is InChI=1S/C22H22N2O3S/c1-2-27-22(26)15-7-10-24(11-8-15)21(25)18-13-20(16-9-12-28-14-16)23-19-6-4-3-5-17(18)19/h3-6,9,12-15H,2,7-8,10-11H2,1H3. The van der Waals surface area contributed by atoms with E-state index < -0.39 is 0 Å². The molecule has 0 radical (unpaired) electrons. The molecule has 0 bridgehead atoms. The summed E-state index contributed by atoms with van der Waals surface area (Å²) in [4.78, 5) is 31.9. The van der Waals surface area contributed by atoms with Crippen LogP contribution in [-0.2, 0) is 9.53 Å². The van der Waals surface area contributed by atoms with Crippen LogP contribution in [0.25, 0.3) is 22.2 Å². The second-order valence-corrected chi connectivity index (χ2v) is 7.68. The van der Waals surface area contributed by atoms with Gasteiger partial charge in [0.05, 0.1) is 29.3 Å². The normalized spacial score (nSPS) is 15.0. The first kappa shape index (κ1) is 18.6. The van der Waals surface area contributed by atoms with Gasteiger partial charge in [0, 0.05) is 29.4 Å². The van der Waals surface area contributed by atoms with Gasteiger partial charge in [0.1, 0.15) is 0 Å². The Morgan fingerprint density at radius 2 is 2.00 bits per heavy atom. The van der Waals surface area contributed by atoms with E-state index in [1.807, 2.05) is 59.0 Å². The van der Waals surface area contributed by atoms with E-state index in [0.29, 0.717) is 38.1 Å². The molecule has 3 aromatic rings. The number of hydrogen-bond acceptors (Lipinski definition) is 5. The number of fused-ring (bicyclic) bond motifs is 1. The quantitative estimate of drug-likeness (QED) is 0.616. The van der Waals surface area contributed by atoms with Crippen LogP contribution in [0.1, 0.15) is 30.1 Å². The maximum absolute atomic E-state index is 13.3. The summed E-state index contributed by atoms with van der Waals surface area (Å²) in [5.74, 6) is -0.263. The molecule has 1 amide bonds. The van der Waals surface area contributed by atoms with Crippen LogP contribution >= 0.6 is 11.3 Å². The van der Waals surface area contributed by atoms with Crippen LogP contribution in [0, 0.1) is 5.92 Å². The number of carbonyl (C=O) groups is 2. The summed E-state index contributed by atoms with van der Waals surface area (Å²) >= 11 is 1.61. The Balaban J connectivity index is 1.62. The summed E-state index contributed by atoms with van der Waals surface area (Å²) < 4.78 is 5.13. The SMILES string of the molecule is CCOC(=O)C1CCN(C(=O)c2cc(-c3ccsc3)nc3ccccc23)CC1. The van der Waals surface area contributed by atoms with Gasteiger partial charge < -0.3 is 9.64 Å². The van der Waals surface area contributed by atoms with E-state index >= 15 is 0 Å². The number of aromatic nitrogens is 1. The molecule has 28 heavy (non-hydrogen) atoms. The summed E-state index contributed by atoms with van der Waals surface area (Å²) in [6, 6.07) is 11.7. The zero-order valence-corrected chi connectivity index (χ0v) is 16.6. The number of amides is 1. The van der Waals surface area contributed by atoms with Crippen molar-refractivity contribution in [3.05, 3.63) is 52.7 Å². The van der Waals surface area contributed by atoms with Crippen LogP contribution < -0.4 is 0 Å². The summed E-state index contributed by atoms with van der Waals surface area (Å²) in [5.41, 5.74) is 3.31. The Labute approximate surface area is 168 Å². The lowest BCUT2D eigenvalue weighted by atomic mass is 9.96. The zero-order chi connectivity index (χ0) is 19.5. The van der Waals surface area contributed by atoms with Gasteiger partial charge in [-0.1, -0.05) is 18.2 Å². The predicted octanol–water partition coefficient (Wildman–Crippen LogP) is 4.38. The highest BCUT2D eigenvalue weighted by molar-refractivity contribution is 7.08. The fourth-order valence-electron chi connectivity index (χ4n) is 3.66. The molecule has 2 aromatic heterocycles. The molecule has 0 saturated carbocycles. The van der Waals surface area contributed by atoms with E-state index in [1.54, 1.807) is 11.3 Å². The minimum atomic E-state index is -0.149. The van der Waals surface area contributed by atoms with Crippen molar-refractivity contribution in [2.24, 2.45) is 5.92 Å². The third-order valence-corrected chi connectivity index (χ3v) is 5.85. The first-order chi connectivity index (χ1) is 13.7. The number of piperidine rings is 1. The summed E-state index contributed by atoms with van der Waals surface area (Å²) in [7, 11) is 0. The highest BCUT2D eigenvalue weighted by Crippen LogP contribution is 2.28. The zero-order valence-electron chi connectivity index (χ0n) is 15.8. The number of carbonyl (C=O) groups excluding carboxylic acids is 2. The molecule has 5 nitrogen and oxygen atoms in total. The van der Waals surface area contributed by atoms with Gasteiger partial charge in [-0.25, -0.2) is 4.98 Å². The number of esters is 1. The number of rotatable bonds is 4. The molecule has 0 spiro atoms. The summed E-state index contributed by atoms with van der Waals surface area (Å²) in [6.45, 7) is 3.34. The van der Waals surface area contributed by atoms with Gasteiger partial charge in [-0.2, -0.15) is 11.3 Å².